The first-order chi connectivity index (χ1) is 7.44. The molecule has 2 rings (SSSR count). The summed E-state index contributed by atoms with van der Waals surface area (Å²) in [4.78, 5) is 11.2. The van der Waals surface area contributed by atoms with Crippen LogP contribution < -0.4 is 0 Å². The van der Waals surface area contributed by atoms with Gasteiger partial charge in [0.05, 0.1) is 0 Å². The van der Waals surface area contributed by atoms with Gasteiger partial charge in [0.25, 0.3) is 0 Å². The first-order valence-corrected chi connectivity index (χ1v) is 6.63. The molecule has 0 aromatic carbocycles. The fraction of sp³-hybridized carbons (Fsp3) is 0.800. The highest BCUT2D eigenvalue weighted by molar-refractivity contribution is 5.76. The van der Waals surface area contributed by atoms with Gasteiger partial charge in [-0.25, -0.2) is 0 Å². The highest BCUT2D eigenvalue weighted by atomic mass is 16.1. The van der Waals surface area contributed by atoms with E-state index in [2.05, 4.69) is 27.7 Å². The predicted octanol–water partition coefficient (Wildman–Crippen LogP) is 4.13. The number of carbonyl (C=O) groups is 1. The van der Waals surface area contributed by atoms with Crippen LogP contribution in [-0.4, -0.2) is 6.29 Å². The zero-order valence-electron chi connectivity index (χ0n) is 11.1. The molecule has 2 atom stereocenters. The second-order valence-corrected chi connectivity index (χ2v) is 6.57. The average Bonchev–Trinajstić information content (AvgIpc) is 2.47. The Morgan fingerprint density at radius 1 is 1.38 bits per heavy atom. The maximum absolute atomic E-state index is 11.2. The minimum Gasteiger partial charge on any atom is -0.298 e. The fourth-order valence-electron chi connectivity index (χ4n) is 4.32. The van der Waals surface area contributed by atoms with Crippen LogP contribution in [0.3, 0.4) is 0 Å². The van der Waals surface area contributed by atoms with Gasteiger partial charge in [-0.2, -0.15) is 0 Å². The SMILES string of the molecule is CCC1(C)CC(C)(C)C2=C(C=O)CCCC21. The van der Waals surface area contributed by atoms with E-state index in [0.29, 0.717) is 11.3 Å². The van der Waals surface area contributed by atoms with Gasteiger partial charge in [-0.1, -0.05) is 39.7 Å². The first kappa shape index (κ1) is 11.9. The summed E-state index contributed by atoms with van der Waals surface area (Å²) in [6, 6.07) is 0. The molecule has 0 saturated heterocycles. The highest BCUT2D eigenvalue weighted by Gasteiger charge is 2.51. The Morgan fingerprint density at radius 2 is 2.06 bits per heavy atom. The number of carbonyl (C=O) groups excluding carboxylic acids is 1. The van der Waals surface area contributed by atoms with Crippen molar-refractivity contribution in [2.75, 3.05) is 0 Å². The molecule has 0 N–H and O–H groups in total. The topological polar surface area (TPSA) is 17.1 Å². The third kappa shape index (κ3) is 1.56. The summed E-state index contributed by atoms with van der Waals surface area (Å²) >= 11 is 0. The number of hydrogen-bond donors (Lipinski definition) is 0. The van der Waals surface area contributed by atoms with Gasteiger partial charge in [-0.05, 0) is 48.0 Å². The zero-order valence-corrected chi connectivity index (χ0v) is 11.1. The summed E-state index contributed by atoms with van der Waals surface area (Å²) < 4.78 is 0. The van der Waals surface area contributed by atoms with Crippen LogP contribution >= 0.6 is 0 Å². The van der Waals surface area contributed by atoms with E-state index in [1.165, 1.54) is 31.3 Å². The summed E-state index contributed by atoms with van der Waals surface area (Å²) in [6.07, 6.45) is 7.11. The minimum atomic E-state index is 0.242. The van der Waals surface area contributed by atoms with Crippen molar-refractivity contribution < 1.29 is 4.79 Å². The summed E-state index contributed by atoms with van der Waals surface area (Å²) in [6.45, 7) is 9.37. The van der Waals surface area contributed by atoms with Gasteiger partial charge in [-0.3, -0.25) is 4.79 Å². The molecule has 16 heavy (non-hydrogen) atoms. The number of fused-ring (bicyclic) bond motifs is 1. The molecule has 0 aromatic rings. The number of hydrogen-bond acceptors (Lipinski definition) is 1. The van der Waals surface area contributed by atoms with E-state index in [-0.39, 0.29) is 5.41 Å². The molecule has 2 unspecified atom stereocenters. The fourth-order valence-corrected chi connectivity index (χ4v) is 4.32. The van der Waals surface area contributed by atoms with Gasteiger partial charge < -0.3 is 0 Å². The van der Waals surface area contributed by atoms with Gasteiger partial charge >= 0.3 is 0 Å². The zero-order chi connectivity index (χ0) is 12.0. The molecule has 0 radical (unpaired) electrons. The Labute approximate surface area is 99.3 Å². The first-order valence-electron chi connectivity index (χ1n) is 6.63. The molecule has 2 aliphatic carbocycles. The Bertz CT molecular complexity index is 337. The van der Waals surface area contributed by atoms with Crippen molar-refractivity contribution in [1.29, 1.82) is 0 Å². The molecule has 1 fully saturated rings. The second kappa shape index (κ2) is 3.72. The van der Waals surface area contributed by atoms with Crippen LogP contribution in [0, 0.1) is 16.7 Å². The van der Waals surface area contributed by atoms with Gasteiger partial charge in [0.1, 0.15) is 6.29 Å². The van der Waals surface area contributed by atoms with Crippen LogP contribution in [0.4, 0.5) is 0 Å². The van der Waals surface area contributed by atoms with Crippen molar-refractivity contribution in [1.82, 2.24) is 0 Å². The highest BCUT2D eigenvalue weighted by Crippen LogP contribution is 2.61. The smallest absolute Gasteiger partial charge is 0.146 e. The maximum Gasteiger partial charge on any atom is 0.146 e. The Kier molecular flexibility index (Phi) is 2.76. The van der Waals surface area contributed by atoms with E-state index in [9.17, 15) is 4.79 Å². The molecule has 0 bridgehead atoms. The Hall–Kier alpha value is -0.590. The molecule has 0 aromatic heterocycles. The van der Waals surface area contributed by atoms with Crippen molar-refractivity contribution in [3.05, 3.63) is 11.1 Å². The molecule has 0 spiro atoms. The van der Waals surface area contributed by atoms with E-state index in [0.717, 1.165) is 18.3 Å². The molecule has 2 aliphatic rings. The molecule has 0 amide bonds. The lowest BCUT2D eigenvalue weighted by Crippen LogP contribution is -2.24. The predicted molar refractivity (Wildman–Crippen MR) is 67.2 cm³/mol. The standard InChI is InChI=1S/C15H24O/c1-5-15(4)10-14(2,3)13-11(9-16)7-6-8-12(13)15/h9,12H,5-8,10H2,1-4H3. The monoisotopic (exact) mass is 220 g/mol. The van der Waals surface area contributed by atoms with Gasteiger partial charge in [0.2, 0.25) is 0 Å². The molecule has 0 aliphatic heterocycles. The molecule has 1 heteroatoms. The summed E-state index contributed by atoms with van der Waals surface area (Å²) in [5.74, 6) is 0.668. The molecular weight excluding hydrogens is 196 g/mol. The van der Waals surface area contributed by atoms with E-state index >= 15 is 0 Å². The van der Waals surface area contributed by atoms with E-state index < -0.39 is 0 Å². The lowest BCUT2D eigenvalue weighted by atomic mass is 9.71. The molecule has 1 saturated carbocycles. The third-order valence-corrected chi connectivity index (χ3v) is 5.00. The Balaban J connectivity index is 2.52. The number of rotatable bonds is 2. The van der Waals surface area contributed by atoms with Crippen molar-refractivity contribution in [2.24, 2.45) is 16.7 Å². The largest absolute Gasteiger partial charge is 0.298 e. The minimum absolute atomic E-state index is 0.242. The lowest BCUT2D eigenvalue weighted by molar-refractivity contribution is -0.105. The van der Waals surface area contributed by atoms with Gasteiger partial charge in [-0.15, -0.1) is 0 Å². The molecule has 1 nitrogen and oxygen atoms in total. The summed E-state index contributed by atoms with van der Waals surface area (Å²) in [5, 5.41) is 0. The Morgan fingerprint density at radius 3 is 2.62 bits per heavy atom. The van der Waals surface area contributed by atoms with Gasteiger partial charge in [0.15, 0.2) is 0 Å². The molecule has 0 heterocycles. The normalized spacial score (nSPS) is 37.4. The number of allylic oxidation sites excluding steroid dienone is 2. The summed E-state index contributed by atoms with van der Waals surface area (Å²) in [5.41, 5.74) is 3.29. The van der Waals surface area contributed by atoms with Crippen molar-refractivity contribution >= 4 is 6.29 Å². The van der Waals surface area contributed by atoms with Crippen LogP contribution in [0.2, 0.25) is 0 Å². The maximum atomic E-state index is 11.2. The van der Waals surface area contributed by atoms with Crippen LogP contribution in [0.5, 0.6) is 0 Å². The van der Waals surface area contributed by atoms with Gasteiger partial charge in [0, 0.05) is 0 Å². The van der Waals surface area contributed by atoms with E-state index in [1.54, 1.807) is 0 Å². The third-order valence-electron chi connectivity index (χ3n) is 5.00. The van der Waals surface area contributed by atoms with Crippen LogP contribution in [0.15, 0.2) is 11.1 Å². The van der Waals surface area contributed by atoms with Crippen molar-refractivity contribution in [3.8, 4) is 0 Å². The van der Waals surface area contributed by atoms with E-state index in [4.69, 9.17) is 0 Å². The summed E-state index contributed by atoms with van der Waals surface area (Å²) in [7, 11) is 0. The molecule has 90 valence electrons. The van der Waals surface area contributed by atoms with Crippen molar-refractivity contribution in [2.45, 2.75) is 59.8 Å². The van der Waals surface area contributed by atoms with Crippen LogP contribution in [-0.2, 0) is 4.79 Å². The average molecular weight is 220 g/mol. The van der Waals surface area contributed by atoms with Crippen LogP contribution in [0.1, 0.15) is 59.8 Å². The van der Waals surface area contributed by atoms with E-state index in [1.807, 2.05) is 0 Å². The number of aldehydes is 1. The second-order valence-electron chi connectivity index (χ2n) is 6.57. The van der Waals surface area contributed by atoms with Crippen LogP contribution in [0.25, 0.3) is 0 Å². The molecular formula is C15H24O. The quantitative estimate of drug-likeness (QED) is 0.639. The van der Waals surface area contributed by atoms with Crippen molar-refractivity contribution in [3.63, 3.8) is 0 Å². The lowest BCUT2D eigenvalue weighted by Gasteiger charge is -2.34.